The van der Waals surface area contributed by atoms with Crippen molar-refractivity contribution in [2.24, 2.45) is 0 Å². The van der Waals surface area contributed by atoms with Gasteiger partial charge in [-0.05, 0) is 78.4 Å². The second-order valence-corrected chi connectivity index (χ2v) is 8.78. The molecule has 3 rings (SSSR count). The van der Waals surface area contributed by atoms with Crippen molar-refractivity contribution in [2.45, 2.75) is 52.8 Å². The zero-order chi connectivity index (χ0) is 22.1. The predicted molar refractivity (Wildman–Crippen MR) is 132 cm³/mol. The Kier molecular flexibility index (Phi) is 8.98. The molecule has 3 aromatic carbocycles. The molecule has 164 valence electrons. The number of halogens is 1. The minimum atomic E-state index is 0.423. The third kappa shape index (κ3) is 7.41. The van der Waals surface area contributed by atoms with Crippen LogP contribution in [0.3, 0.4) is 0 Å². The molecule has 0 amide bonds. The standard InChI is InChI=1S/C27H32BrNO2/c1-4-30-26-17-24(18-29-21(3)13-14-22-10-6-5-7-11-22)16-25(28)27(26)31-19-23-12-8-9-20(2)15-23/h5-12,15-17,21,29H,4,13-14,18-19H2,1-3H3/t21-/m0/s1. The summed E-state index contributed by atoms with van der Waals surface area (Å²) in [7, 11) is 0. The van der Waals surface area contributed by atoms with Gasteiger partial charge in [0.1, 0.15) is 6.61 Å². The van der Waals surface area contributed by atoms with Gasteiger partial charge in [0.25, 0.3) is 0 Å². The fourth-order valence-corrected chi connectivity index (χ4v) is 4.11. The highest BCUT2D eigenvalue weighted by Crippen LogP contribution is 2.37. The molecule has 0 saturated carbocycles. The van der Waals surface area contributed by atoms with E-state index in [2.05, 4.69) is 102 Å². The highest BCUT2D eigenvalue weighted by molar-refractivity contribution is 9.10. The van der Waals surface area contributed by atoms with Gasteiger partial charge in [-0.2, -0.15) is 0 Å². The molecule has 0 fully saturated rings. The third-order valence-electron chi connectivity index (χ3n) is 5.20. The predicted octanol–water partition coefficient (Wildman–Crippen LogP) is 6.85. The van der Waals surface area contributed by atoms with Gasteiger partial charge in [-0.25, -0.2) is 0 Å². The molecule has 4 heteroatoms. The van der Waals surface area contributed by atoms with E-state index in [-0.39, 0.29) is 0 Å². The summed E-state index contributed by atoms with van der Waals surface area (Å²) in [6.07, 6.45) is 2.18. The van der Waals surface area contributed by atoms with Gasteiger partial charge < -0.3 is 14.8 Å². The smallest absolute Gasteiger partial charge is 0.175 e. The Bertz CT molecular complexity index is 959. The van der Waals surface area contributed by atoms with Crippen molar-refractivity contribution in [1.82, 2.24) is 5.32 Å². The quantitative estimate of drug-likeness (QED) is 0.324. The summed E-state index contributed by atoms with van der Waals surface area (Å²) in [6.45, 7) is 8.21. The van der Waals surface area contributed by atoms with Crippen LogP contribution in [0.1, 0.15) is 42.5 Å². The summed E-state index contributed by atoms with van der Waals surface area (Å²) in [4.78, 5) is 0. The maximum atomic E-state index is 6.14. The number of ether oxygens (including phenoxy) is 2. The van der Waals surface area contributed by atoms with Crippen LogP contribution in [0.2, 0.25) is 0 Å². The van der Waals surface area contributed by atoms with Crippen molar-refractivity contribution in [3.8, 4) is 11.5 Å². The van der Waals surface area contributed by atoms with Gasteiger partial charge >= 0.3 is 0 Å². The van der Waals surface area contributed by atoms with E-state index >= 15 is 0 Å². The summed E-state index contributed by atoms with van der Waals surface area (Å²) >= 11 is 3.69. The molecule has 31 heavy (non-hydrogen) atoms. The zero-order valence-corrected chi connectivity index (χ0v) is 20.2. The lowest BCUT2D eigenvalue weighted by molar-refractivity contribution is 0.267. The van der Waals surface area contributed by atoms with Gasteiger partial charge in [0.2, 0.25) is 0 Å². The molecule has 3 aromatic rings. The number of rotatable bonds is 11. The molecule has 0 aliphatic carbocycles. The fraction of sp³-hybridized carbons (Fsp3) is 0.333. The maximum absolute atomic E-state index is 6.14. The second kappa shape index (κ2) is 11.9. The molecular formula is C27H32BrNO2. The first-order valence-corrected chi connectivity index (χ1v) is 11.7. The first-order chi connectivity index (χ1) is 15.0. The molecule has 0 saturated heterocycles. The molecule has 1 N–H and O–H groups in total. The molecule has 0 aromatic heterocycles. The largest absolute Gasteiger partial charge is 0.490 e. The molecule has 0 radical (unpaired) electrons. The number of nitrogens with one attached hydrogen (secondary N) is 1. The van der Waals surface area contributed by atoms with E-state index in [9.17, 15) is 0 Å². The summed E-state index contributed by atoms with van der Waals surface area (Å²) in [6, 6.07) is 23.6. The van der Waals surface area contributed by atoms with Gasteiger partial charge in [0, 0.05) is 12.6 Å². The lowest BCUT2D eigenvalue weighted by Crippen LogP contribution is -2.26. The van der Waals surface area contributed by atoms with E-state index in [1.165, 1.54) is 16.7 Å². The zero-order valence-electron chi connectivity index (χ0n) is 18.7. The Morgan fingerprint density at radius 3 is 2.42 bits per heavy atom. The van der Waals surface area contributed by atoms with Crippen molar-refractivity contribution in [3.05, 3.63) is 93.5 Å². The first-order valence-electron chi connectivity index (χ1n) is 11.0. The van der Waals surface area contributed by atoms with E-state index in [1.807, 2.05) is 6.92 Å². The van der Waals surface area contributed by atoms with Gasteiger partial charge in [-0.1, -0.05) is 60.2 Å². The van der Waals surface area contributed by atoms with Crippen LogP contribution in [-0.2, 0) is 19.6 Å². The first kappa shape index (κ1) is 23.4. The molecule has 0 spiro atoms. The van der Waals surface area contributed by atoms with Crippen molar-refractivity contribution < 1.29 is 9.47 Å². The highest BCUT2D eigenvalue weighted by Gasteiger charge is 2.13. The Morgan fingerprint density at radius 1 is 0.903 bits per heavy atom. The summed E-state index contributed by atoms with van der Waals surface area (Å²) in [5.74, 6) is 1.53. The van der Waals surface area contributed by atoms with Crippen LogP contribution < -0.4 is 14.8 Å². The van der Waals surface area contributed by atoms with Crippen LogP contribution in [0.15, 0.2) is 71.2 Å². The Balaban J connectivity index is 1.60. The van der Waals surface area contributed by atoms with Crippen LogP contribution >= 0.6 is 15.9 Å². The molecule has 0 heterocycles. The van der Waals surface area contributed by atoms with Gasteiger partial charge in [0.05, 0.1) is 11.1 Å². The van der Waals surface area contributed by atoms with Crippen molar-refractivity contribution in [3.63, 3.8) is 0 Å². The van der Waals surface area contributed by atoms with Crippen molar-refractivity contribution in [2.75, 3.05) is 6.61 Å². The lowest BCUT2D eigenvalue weighted by Gasteiger charge is -2.18. The van der Waals surface area contributed by atoms with Gasteiger partial charge in [0.15, 0.2) is 11.5 Å². The Morgan fingerprint density at radius 2 is 1.68 bits per heavy atom. The van der Waals surface area contributed by atoms with E-state index in [0.717, 1.165) is 40.9 Å². The average Bonchev–Trinajstić information content (AvgIpc) is 2.76. The molecule has 0 aliphatic heterocycles. The van der Waals surface area contributed by atoms with Crippen LogP contribution in [-0.4, -0.2) is 12.6 Å². The van der Waals surface area contributed by atoms with E-state index in [0.29, 0.717) is 19.3 Å². The van der Waals surface area contributed by atoms with Gasteiger partial charge in [-0.15, -0.1) is 0 Å². The Hall–Kier alpha value is -2.30. The molecule has 0 aliphatic rings. The monoisotopic (exact) mass is 481 g/mol. The number of benzene rings is 3. The topological polar surface area (TPSA) is 30.5 Å². The van der Waals surface area contributed by atoms with Crippen molar-refractivity contribution >= 4 is 15.9 Å². The summed E-state index contributed by atoms with van der Waals surface area (Å²) in [5.41, 5.74) is 4.93. The normalized spacial score (nSPS) is 11.9. The van der Waals surface area contributed by atoms with Crippen LogP contribution in [0.5, 0.6) is 11.5 Å². The third-order valence-corrected chi connectivity index (χ3v) is 5.79. The van der Waals surface area contributed by atoms with E-state index in [4.69, 9.17) is 9.47 Å². The van der Waals surface area contributed by atoms with Crippen LogP contribution in [0, 0.1) is 6.92 Å². The van der Waals surface area contributed by atoms with Crippen molar-refractivity contribution in [1.29, 1.82) is 0 Å². The molecule has 3 nitrogen and oxygen atoms in total. The average molecular weight is 482 g/mol. The van der Waals surface area contributed by atoms with E-state index < -0.39 is 0 Å². The highest BCUT2D eigenvalue weighted by atomic mass is 79.9. The number of hydrogen-bond acceptors (Lipinski definition) is 3. The van der Waals surface area contributed by atoms with Gasteiger partial charge in [-0.3, -0.25) is 0 Å². The molecule has 0 bridgehead atoms. The minimum absolute atomic E-state index is 0.423. The van der Waals surface area contributed by atoms with Crippen LogP contribution in [0.25, 0.3) is 0 Å². The number of hydrogen-bond donors (Lipinski definition) is 1. The lowest BCUT2D eigenvalue weighted by atomic mass is 10.1. The summed E-state index contributed by atoms with van der Waals surface area (Å²) < 4.78 is 13.0. The summed E-state index contributed by atoms with van der Waals surface area (Å²) in [5, 5.41) is 3.63. The molecule has 1 atom stereocenters. The minimum Gasteiger partial charge on any atom is -0.490 e. The number of aryl methyl sites for hydroxylation is 2. The Labute approximate surface area is 194 Å². The van der Waals surface area contributed by atoms with E-state index in [1.54, 1.807) is 0 Å². The SMILES string of the molecule is CCOc1cc(CN[C@@H](C)CCc2ccccc2)cc(Br)c1OCc1cccc(C)c1. The molecule has 0 unspecified atom stereocenters. The second-order valence-electron chi connectivity index (χ2n) is 7.92. The fourth-order valence-electron chi connectivity index (χ4n) is 3.51. The van der Waals surface area contributed by atoms with Crippen LogP contribution in [0.4, 0.5) is 0 Å². The molecular weight excluding hydrogens is 450 g/mol. The maximum Gasteiger partial charge on any atom is 0.175 e.